The van der Waals surface area contributed by atoms with Gasteiger partial charge in [0.05, 0.1) is 10.6 Å². The Balaban J connectivity index is 2.47. The summed E-state index contributed by atoms with van der Waals surface area (Å²) in [5.41, 5.74) is 1.12. The summed E-state index contributed by atoms with van der Waals surface area (Å²) in [4.78, 5) is 21.0. The van der Waals surface area contributed by atoms with E-state index in [0.717, 1.165) is 5.56 Å². The van der Waals surface area contributed by atoms with Crippen molar-refractivity contribution in [3.8, 4) is 0 Å². The minimum atomic E-state index is -0.588. The molecule has 0 bridgehead atoms. The maximum absolute atomic E-state index is 11.0. The third-order valence-electron chi connectivity index (χ3n) is 2.21. The molecule has 1 aliphatic rings. The molecule has 0 spiro atoms. The zero-order valence-electron chi connectivity index (χ0n) is 7.89. The van der Waals surface area contributed by atoms with Crippen molar-refractivity contribution in [1.29, 1.82) is 0 Å². The number of anilines is 1. The first kappa shape index (κ1) is 9.45. The maximum Gasteiger partial charge on any atom is 0.412 e. The first-order valence-electron chi connectivity index (χ1n) is 4.34. The fraction of sp³-hybridized carbons (Fsp3) is 0.222. The smallest absolute Gasteiger partial charge is 0.412 e. The summed E-state index contributed by atoms with van der Waals surface area (Å²) in [6, 6.07) is 4.29. The van der Waals surface area contributed by atoms with Crippen LogP contribution in [0, 0.1) is 10.1 Å². The number of rotatable bonds is 1. The first-order chi connectivity index (χ1) is 7.08. The number of carbonyl (C=O) groups excluding carboxylic acids is 1. The number of carbonyl (C=O) groups is 1. The summed E-state index contributed by atoms with van der Waals surface area (Å²) in [7, 11) is 0. The van der Waals surface area contributed by atoms with Crippen LogP contribution < -0.4 is 5.32 Å². The second-order valence-electron chi connectivity index (χ2n) is 3.20. The number of hydrogen-bond donors (Lipinski definition) is 1. The Morgan fingerprint density at radius 2 is 2.27 bits per heavy atom. The molecule has 15 heavy (non-hydrogen) atoms. The molecule has 6 nitrogen and oxygen atoms in total. The SMILES string of the molecule is CC1OC(=O)Nc2cc([N+](=O)[O-])ccc21. The van der Waals surface area contributed by atoms with Gasteiger partial charge < -0.3 is 4.74 Å². The molecule has 1 unspecified atom stereocenters. The van der Waals surface area contributed by atoms with Crippen LogP contribution in [0.4, 0.5) is 16.2 Å². The van der Waals surface area contributed by atoms with Crippen molar-refractivity contribution in [2.75, 3.05) is 5.32 Å². The van der Waals surface area contributed by atoms with Gasteiger partial charge in [-0.1, -0.05) is 0 Å². The Kier molecular flexibility index (Phi) is 2.03. The van der Waals surface area contributed by atoms with Gasteiger partial charge in [0.15, 0.2) is 0 Å². The standard InChI is InChI=1S/C9H8N2O4/c1-5-7-3-2-6(11(13)14)4-8(7)10-9(12)15-5/h2-5H,1H3,(H,10,12). The highest BCUT2D eigenvalue weighted by Gasteiger charge is 2.24. The molecule has 1 heterocycles. The van der Waals surface area contributed by atoms with Crippen LogP contribution in [0.2, 0.25) is 0 Å². The van der Waals surface area contributed by atoms with E-state index in [1.165, 1.54) is 12.1 Å². The molecule has 0 saturated carbocycles. The van der Waals surface area contributed by atoms with Crippen LogP contribution in [0.5, 0.6) is 0 Å². The summed E-state index contributed by atoms with van der Waals surface area (Å²) in [5, 5.41) is 12.9. The van der Waals surface area contributed by atoms with Crippen LogP contribution in [-0.4, -0.2) is 11.0 Å². The number of hydrogen-bond acceptors (Lipinski definition) is 4. The molecule has 0 saturated heterocycles. The second kappa shape index (κ2) is 3.23. The number of ether oxygens (including phenoxy) is 1. The van der Waals surface area contributed by atoms with Gasteiger partial charge in [-0.15, -0.1) is 0 Å². The summed E-state index contributed by atoms with van der Waals surface area (Å²) in [6.07, 6.45) is -0.968. The quantitative estimate of drug-likeness (QED) is 0.566. The monoisotopic (exact) mass is 208 g/mol. The highest BCUT2D eigenvalue weighted by Crippen LogP contribution is 2.32. The molecular weight excluding hydrogens is 200 g/mol. The molecule has 1 N–H and O–H groups in total. The third-order valence-corrected chi connectivity index (χ3v) is 2.21. The van der Waals surface area contributed by atoms with Gasteiger partial charge in [-0.25, -0.2) is 4.79 Å². The number of cyclic esters (lactones) is 1. The lowest BCUT2D eigenvalue weighted by molar-refractivity contribution is -0.384. The van der Waals surface area contributed by atoms with Gasteiger partial charge in [-0.3, -0.25) is 15.4 Å². The molecular formula is C9H8N2O4. The van der Waals surface area contributed by atoms with Gasteiger partial charge in [-0.2, -0.15) is 0 Å². The molecule has 0 fully saturated rings. The molecule has 0 aromatic heterocycles. The Labute approximate surface area is 85.0 Å². The van der Waals surface area contributed by atoms with Gasteiger partial charge in [0, 0.05) is 17.7 Å². The highest BCUT2D eigenvalue weighted by molar-refractivity contribution is 5.88. The predicted octanol–water partition coefficient (Wildman–Crippen LogP) is 2.22. The Bertz CT molecular complexity index is 444. The number of nitro benzene ring substituents is 1. The number of nitro groups is 1. The van der Waals surface area contributed by atoms with E-state index in [4.69, 9.17) is 4.74 Å². The summed E-state index contributed by atoms with van der Waals surface area (Å²) in [6.45, 7) is 1.71. The molecule has 1 aromatic carbocycles. The van der Waals surface area contributed by atoms with Crippen molar-refractivity contribution in [2.45, 2.75) is 13.0 Å². The Hall–Kier alpha value is -2.11. The van der Waals surface area contributed by atoms with E-state index in [0.29, 0.717) is 5.69 Å². The molecule has 2 rings (SSSR count). The van der Waals surface area contributed by atoms with Crippen molar-refractivity contribution < 1.29 is 14.5 Å². The van der Waals surface area contributed by atoms with E-state index in [1.54, 1.807) is 13.0 Å². The number of non-ortho nitro benzene ring substituents is 1. The van der Waals surface area contributed by atoms with Gasteiger partial charge in [0.2, 0.25) is 0 Å². The summed E-state index contributed by atoms with van der Waals surface area (Å²) >= 11 is 0. The van der Waals surface area contributed by atoms with Crippen molar-refractivity contribution in [1.82, 2.24) is 0 Å². The van der Waals surface area contributed by atoms with E-state index in [2.05, 4.69) is 5.32 Å². The average molecular weight is 208 g/mol. The third kappa shape index (κ3) is 1.61. The molecule has 1 atom stereocenters. The number of fused-ring (bicyclic) bond motifs is 1. The van der Waals surface area contributed by atoms with Gasteiger partial charge >= 0.3 is 6.09 Å². The lowest BCUT2D eigenvalue weighted by atomic mass is 10.1. The van der Waals surface area contributed by atoms with E-state index in [1.807, 2.05) is 0 Å². The molecule has 1 aromatic rings. The lowest BCUT2D eigenvalue weighted by Gasteiger charge is -2.22. The van der Waals surface area contributed by atoms with Crippen molar-refractivity contribution in [3.63, 3.8) is 0 Å². The summed E-state index contributed by atoms with van der Waals surface area (Å²) in [5.74, 6) is 0. The maximum atomic E-state index is 11.0. The number of amides is 1. The van der Waals surface area contributed by atoms with Crippen molar-refractivity contribution in [2.24, 2.45) is 0 Å². The van der Waals surface area contributed by atoms with E-state index in [9.17, 15) is 14.9 Å². The van der Waals surface area contributed by atoms with Crippen LogP contribution in [0.3, 0.4) is 0 Å². The van der Waals surface area contributed by atoms with E-state index >= 15 is 0 Å². The molecule has 1 amide bonds. The first-order valence-corrected chi connectivity index (χ1v) is 4.34. The highest BCUT2D eigenvalue weighted by atomic mass is 16.6. The molecule has 1 aliphatic heterocycles. The largest absolute Gasteiger partial charge is 0.441 e. The Morgan fingerprint density at radius 1 is 1.53 bits per heavy atom. The normalized spacial score (nSPS) is 18.7. The van der Waals surface area contributed by atoms with Crippen molar-refractivity contribution >= 4 is 17.5 Å². The van der Waals surface area contributed by atoms with Crippen LogP contribution in [0.1, 0.15) is 18.6 Å². The number of nitrogens with zero attached hydrogens (tertiary/aromatic N) is 1. The van der Waals surface area contributed by atoms with Gasteiger partial charge in [0.1, 0.15) is 6.10 Å². The van der Waals surface area contributed by atoms with Gasteiger partial charge in [-0.05, 0) is 13.0 Å². The van der Waals surface area contributed by atoms with Crippen LogP contribution in [-0.2, 0) is 4.74 Å². The Morgan fingerprint density at radius 3 is 2.93 bits per heavy atom. The number of nitrogens with one attached hydrogen (secondary N) is 1. The van der Waals surface area contributed by atoms with E-state index < -0.39 is 11.0 Å². The molecule has 78 valence electrons. The average Bonchev–Trinajstić information content (AvgIpc) is 2.16. The minimum Gasteiger partial charge on any atom is -0.441 e. The van der Waals surface area contributed by atoms with Gasteiger partial charge in [0.25, 0.3) is 5.69 Å². The lowest BCUT2D eigenvalue weighted by Crippen LogP contribution is -2.23. The van der Waals surface area contributed by atoms with Crippen LogP contribution in [0.15, 0.2) is 18.2 Å². The van der Waals surface area contributed by atoms with Crippen molar-refractivity contribution in [3.05, 3.63) is 33.9 Å². The van der Waals surface area contributed by atoms with E-state index in [-0.39, 0.29) is 11.8 Å². The fourth-order valence-electron chi connectivity index (χ4n) is 1.48. The zero-order valence-corrected chi connectivity index (χ0v) is 7.89. The summed E-state index contributed by atoms with van der Waals surface area (Å²) < 4.78 is 4.89. The topological polar surface area (TPSA) is 81.5 Å². The molecule has 0 radical (unpaired) electrons. The second-order valence-corrected chi connectivity index (χ2v) is 3.20. The number of benzene rings is 1. The zero-order chi connectivity index (χ0) is 11.0. The minimum absolute atomic E-state index is 0.0526. The predicted molar refractivity (Wildman–Crippen MR) is 51.6 cm³/mol. The van der Waals surface area contributed by atoms with Crippen LogP contribution >= 0.6 is 0 Å². The molecule has 6 heteroatoms. The molecule has 0 aliphatic carbocycles. The van der Waals surface area contributed by atoms with Crippen LogP contribution in [0.25, 0.3) is 0 Å². The fourth-order valence-corrected chi connectivity index (χ4v) is 1.48.